The van der Waals surface area contributed by atoms with Crippen molar-refractivity contribution >= 4 is 26.2 Å². The third-order valence-electron chi connectivity index (χ3n) is 5.19. The van der Waals surface area contributed by atoms with E-state index < -0.39 is 73.3 Å². The van der Waals surface area contributed by atoms with Crippen LogP contribution >= 0.6 is 0 Å². The predicted octanol–water partition coefficient (Wildman–Crippen LogP) is 4.94. The normalized spacial score (nSPS) is 22.2. The Morgan fingerprint density at radius 3 is 1.03 bits per heavy atom. The summed E-state index contributed by atoms with van der Waals surface area (Å²) < 4.78 is 174. The molecule has 2 aromatic carbocycles. The molecule has 2 heterocycles. The van der Waals surface area contributed by atoms with Gasteiger partial charge in [-0.05, 0) is 0 Å². The van der Waals surface area contributed by atoms with E-state index in [-0.39, 0.29) is 0 Å². The van der Waals surface area contributed by atoms with Crippen LogP contribution in [0.15, 0.2) is 48.5 Å². The van der Waals surface area contributed by atoms with Gasteiger partial charge in [0.25, 0.3) is 0 Å². The zero-order valence-corrected chi connectivity index (χ0v) is 17.7. The summed E-state index contributed by atoms with van der Waals surface area (Å²) in [7, 11) is 0. The van der Waals surface area contributed by atoms with E-state index in [0.717, 1.165) is 24.3 Å². The van der Waals surface area contributed by atoms with Crippen molar-refractivity contribution in [1.29, 1.82) is 0 Å². The van der Waals surface area contributed by atoms with E-state index in [4.69, 9.17) is 0 Å². The van der Waals surface area contributed by atoms with E-state index in [1.807, 2.05) is 0 Å². The predicted molar refractivity (Wildman–Crippen MR) is 87.7 cm³/mol. The average Bonchev–Trinajstić information content (AvgIpc) is 3.14. The molecule has 0 fully saturated rings. The summed E-state index contributed by atoms with van der Waals surface area (Å²) in [6.07, 6.45) is -25.2. The first kappa shape index (κ1) is 24.4. The van der Waals surface area contributed by atoms with Gasteiger partial charge >= 0.3 is 181 Å². The van der Waals surface area contributed by atoms with Crippen molar-refractivity contribution in [3.05, 3.63) is 59.7 Å². The molecule has 0 unspecified atom stereocenters. The van der Waals surface area contributed by atoms with Crippen LogP contribution in [0.3, 0.4) is 0 Å². The molecule has 0 amide bonds. The standard InChI is InChI=1S/C18H8F12O2Te/c19-15(20,21)13(16(22,23)24)9-5-1-3-7-11(9)33(31-13)12-8-4-2-6-10(12)14(32-33,17(25,26)27)18(28,29)30/h1-8H. The molecule has 2 aliphatic rings. The van der Waals surface area contributed by atoms with Crippen LogP contribution in [0.1, 0.15) is 11.1 Å². The minimum atomic E-state index is -6.66. The van der Waals surface area contributed by atoms with Gasteiger partial charge in [-0.25, -0.2) is 0 Å². The number of halogens is 12. The maximum absolute atomic E-state index is 13.9. The Hall–Kier alpha value is -1.69. The van der Waals surface area contributed by atoms with Gasteiger partial charge in [0.05, 0.1) is 0 Å². The van der Waals surface area contributed by atoms with Gasteiger partial charge in [0.1, 0.15) is 0 Å². The number of rotatable bonds is 0. The zero-order chi connectivity index (χ0) is 24.9. The minimum absolute atomic E-state index is 0.310. The fraction of sp³-hybridized carbons (Fsp3) is 0.333. The Kier molecular flexibility index (Phi) is 4.97. The third-order valence-corrected chi connectivity index (χ3v) is 13.3. The molecule has 0 radical (unpaired) electrons. The van der Waals surface area contributed by atoms with Gasteiger partial charge in [-0.2, -0.15) is 0 Å². The van der Waals surface area contributed by atoms with Gasteiger partial charge in [-0.15, -0.1) is 0 Å². The number of fused-ring (bicyclic) bond motifs is 4. The molecule has 0 saturated heterocycles. The molecule has 0 N–H and O–H groups in total. The third kappa shape index (κ3) is 2.85. The van der Waals surface area contributed by atoms with Gasteiger partial charge < -0.3 is 0 Å². The van der Waals surface area contributed by atoms with Crippen molar-refractivity contribution in [2.24, 2.45) is 0 Å². The van der Waals surface area contributed by atoms with Crippen molar-refractivity contribution in [3.63, 3.8) is 0 Å². The quantitative estimate of drug-likeness (QED) is 0.311. The first-order valence-electron chi connectivity index (χ1n) is 8.57. The fourth-order valence-corrected chi connectivity index (χ4v) is 13.6. The van der Waals surface area contributed by atoms with Crippen LogP contribution in [0.25, 0.3) is 0 Å². The molecule has 0 atom stereocenters. The van der Waals surface area contributed by atoms with Crippen molar-refractivity contribution in [2.75, 3.05) is 0 Å². The average molecular weight is 612 g/mol. The first-order valence-corrected chi connectivity index (χ1v) is 12.8. The Bertz CT molecular complexity index is 984. The molecule has 0 aliphatic carbocycles. The van der Waals surface area contributed by atoms with Gasteiger partial charge in [0, 0.05) is 0 Å². The first-order chi connectivity index (χ1) is 14.9. The molecule has 0 aromatic heterocycles. The molecule has 15 heteroatoms. The van der Waals surface area contributed by atoms with Gasteiger partial charge in [-0.3, -0.25) is 0 Å². The second-order valence-electron chi connectivity index (χ2n) is 7.02. The van der Waals surface area contributed by atoms with Gasteiger partial charge in [0.15, 0.2) is 0 Å². The zero-order valence-electron chi connectivity index (χ0n) is 15.4. The maximum atomic E-state index is 13.9. The molecule has 182 valence electrons. The van der Waals surface area contributed by atoms with Crippen LogP contribution in [0.4, 0.5) is 52.7 Å². The summed E-state index contributed by atoms with van der Waals surface area (Å²) in [4.78, 5) is 0. The molecule has 2 aliphatic heterocycles. The summed E-state index contributed by atoms with van der Waals surface area (Å²) in [6.45, 7) is 0. The van der Waals surface area contributed by atoms with E-state index in [2.05, 4.69) is 6.20 Å². The summed E-state index contributed by atoms with van der Waals surface area (Å²) in [5.41, 5.74) is -13.7. The van der Waals surface area contributed by atoms with Crippen LogP contribution < -0.4 is 7.22 Å². The summed E-state index contributed by atoms with van der Waals surface area (Å²) >= 11 is -6.66. The van der Waals surface area contributed by atoms with E-state index in [1.54, 1.807) is 0 Å². The van der Waals surface area contributed by atoms with Crippen LogP contribution in [0.2, 0.25) is 0 Å². The number of benzene rings is 2. The SMILES string of the molecule is FC(F)(F)C1(C(F)(F)F)O[Te]2(OC(C(F)(F)F)(C(F)(F)F)c3ccccc32)c2ccccc21. The Morgan fingerprint density at radius 2 is 0.758 bits per heavy atom. The van der Waals surface area contributed by atoms with Crippen molar-refractivity contribution < 1.29 is 58.9 Å². The fourth-order valence-electron chi connectivity index (χ4n) is 3.86. The van der Waals surface area contributed by atoms with Crippen LogP contribution in [0.5, 0.6) is 0 Å². The Labute approximate surface area is 181 Å². The van der Waals surface area contributed by atoms with Crippen molar-refractivity contribution in [1.82, 2.24) is 0 Å². The molecule has 1 spiro atoms. The molecular formula is C18H8F12O2Te. The molecule has 33 heavy (non-hydrogen) atoms. The van der Waals surface area contributed by atoms with Crippen LogP contribution in [-0.4, -0.2) is 43.7 Å². The Balaban J connectivity index is 2.15. The number of hydrogen-bond donors (Lipinski definition) is 0. The van der Waals surface area contributed by atoms with E-state index in [0.29, 0.717) is 24.3 Å². The molecule has 2 aromatic rings. The molecule has 2 nitrogen and oxygen atoms in total. The second-order valence-corrected chi connectivity index (χ2v) is 13.4. The van der Waals surface area contributed by atoms with Crippen molar-refractivity contribution in [2.45, 2.75) is 35.9 Å². The monoisotopic (exact) mass is 614 g/mol. The van der Waals surface area contributed by atoms with Crippen LogP contribution in [-0.2, 0) is 17.4 Å². The van der Waals surface area contributed by atoms with Gasteiger partial charge in [0.2, 0.25) is 0 Å². The van der Waals surface area contributed by atoms with E-state index in [9.17, 15) is 52.7 Å². The topological polar surface area (TPSA) is 18.5 Å². The molecule has 4 rings (SSSR count). The summed E-state index contributed by atoms with van der Waals surface area (Å²) in [5.74, 6) is 0. The number of hydrogen-bond acceptors (Lipinski definition) is 2. The van der Waals surface area contributed by atoms with Crippen LogP contribution in [0, 0.1) is 0 Å². The second kappa shape index (κ2) is 6.71. The van der Waals surface area contributed by atoms with E-state index in [1.165, 1.54) is 0 Å². The molecular weight excluding hydrogens is 604 g/mol. The summed E-state index contributed by atoms with van der Waals surface area (Å²) in [5, 5.41) is 0. The summed E-state index contributed by atoms with van der Waals surface area (Å²) in [6, 6.07) is 5.01. The van der Waals surface area contributed by atoms with Crippen molar-refractivity contribution in [3.8, 4) is 0 Å². The molecule has 0 bridgehead atoms. The molecule has 0 saturated carbocycles. The Morgan fingerprint density at radius 1 is 0.485 bits per heavy atom. The van der Waals surface area contributed by atoms with Gasteiger partial charge in [-0.1, -0.05) is 0 Å². The number of alkyl halides is 12. The van der Waals surface area contributed by atoms with E-state index >= 15 is 0 Å².